The molecule has 0 aromatic heterocycles. The molecule has 0 radical (unpaired) electrons. The largest absolute Gasteiger partial charge is 0.369 e. The van der Waals surface area contributed by atoms with Gasteiger partial charge in [-0.15, -0.1) is 0 Å². The van der Waals surface area contributed by atoms with Crippen LogP contribution in [-0.2, 0) is 0 Å². The van der Waals surface area contributed by atoms with Gasteiger partial charge in [-0.25, -0.2) is 0 Å². The molecule has 1 saturated carbocycles. The first kappa shape index (κ1) is 16.8. The van der Waals surface area contributed by atoms with E-state index >= 15 is 0 Å². The maximum Gasteiger partial charge on any atom is 0.0380 e. The molecule has 1 N–H and O–H groups in total. The highest BCUT2D eigenvalue weighted by atomic mass is 79.9. The van der Waals surface area contributed by atoms with Gasteiger partial charge in [0.1, 0.15) is 0 Å². The van der Waals surface area contributed by atoms with Crippen LogP contribution >= 0.6 is 15.9 Å². The Bertz CT molecular complexity index is 441. The van der Waals surface area contributed by atoms with Crippen molar-refractivity contribution < 1.29 is 0 Å². The Morgan fingerprint density at radius 2 is 1.95 bits per heavy atom. The van der Waals surface area contributed by atoms with Crippen molar-refractivity contribution in [3.63, 3.8) is 0 Å². The molecule has 0 heterocycles. The summed E-state index contributed by atoms with van der Waals surface area (Å²) in [6.07, 6.45) is 6.88. The molecular formula is C18H29BrN2. The number of nitrogens with zero attached hydrogens (tertiary/aromatic N) is 1. The van der Waals surface area contributed by atoms with Crippen molar-refractivity contribution in [3.05, 3.63) is 28.2 Å². The van der Waals surface area contributed by atoms with Crippen LogP contribution < -0.4 is 10.2 Å². The molecule has 0 saturated heterocycles. The predicted molar refractivity (Wildman–Crippen MR) is 96.1 cm³/mol. The second kappa shape index (κ2) is 8.19. The number of hydrogen-bond donors (Lipinski definition) is 1. The molecule has 21 heavy (non-hydrogen) atoms. The van der Waals surface area contributed by atoms with E-state index in [9.17, 15) is 0 Å². The molecule has 1 unspecified atom stereocenters. The summed E-state index contributed by atoms with van der Waals surface area (Å²) in [5, 5.41) is 3.49. The maximum atomic E-state index is 3.77. The summed E-state index contributed by atoms with van der Waals surface area (Å²) < 4.78 is 1.22. The molecule has 1 aromatic rings. The highest BCUT2D eigenvalue weighted by Gasteiger charge is 2.21. The summed E-state index contributed by atoms with van der Waals surface area (Å²) in [4.78, 5) is 2.59. The van der Waals surface area contributed by atoms with Gasteiger partial charge >= 0.3 is 0 Å². The lowest BCUT2D eigenvalue weighted by molar-refractivity contribution is 0.418. The lowest BCUT2D eigenvalue weighted by Gasteiger charge is -2.35. The Balaban J connectivity index is 2.16. The van der Waals surface area contributed by atoms with Crippen LogP contribution in [0, 0.1) is 0 Å². The molecule has 1 aromatic carbocycles. The molecule has 3 heteroatoms. The van der Waals surface area contributed by atoms with Gasteiger partial charge in [0.05, 0.1) is 0 Å². The molecule has 0 spiro atoms. The SMILES string of the molecule is CCNC(C)c1ccc(N(CC)C2CCCCC2)cc1Br. The van der Waals surface area contributed by atoms with Gasteiger partial charge in [0, 0.05) is 28.8 Å². The van der Waals surface area contributed by atoms with Crippen molar-refractivity contribution in [1.82, 2.24) is 5.32 Å². The number of nitrogens with one attached hydrogen (secondary N) is 1. The van der Waals surface area contributed by atoms with Crippen LogP contribution in [0.2, 0.25) is 0 Å². The van der Waals surface area contributed by atoms with Gasteiger partial charge in [0.2, 0.25) is 0 Å². The number of benzene rings is 1. The summed E-state index contributed by atoms with van der Waals surface area (Å²) in [6.45, 7) is 8.75. The van der Waals surface area contributed by atoms with Crippen molar-refractivity contribution in [2.45, 2.75) is 65.0 Å². The molecule has 0 bridgehead atoms. The van der Waals surface area contributed by atoms with Crippen LogP contribution in [0.5, 0.6) is 0 Å². The zero-order valence-corrected chi connectivity index (χ0v) is 15.2. The number of anilines is 1. The third kappa shape index (κ3) is 4.23. The first-order valence-corrected chi connectivity index (χ1v) is 9.26. The monoisotopic (exact) mass is 352 g/mol. The second-order valence-corrected chi connectivity index (χ2v) is 6.92. The van der Waals surface area contributed by atoms with Crippen LogP contribution in [-0.4, -0.2) is 19.1 Å². The lowest BCUT2D eigenvalue weighted by atomic mass is 9.93. The number of hydrogen-bond acceptors (Lipinski definition) is 2. The van der Waals surface area contributed by atoms with Crippen molar-refractivity contribution in [2.75, 3.05) is 18.0 Å². The van der Waals surface area contributed by atoms with E-state index in [0.717, 1.165) is 19.1 Å². The fraction of sp³-hybridized carbons (Fsp3) is 0.667. The average Bonchev–Trinajstić information content (AvgIpc) is 2.49. The van der Waals surface area contributed by atoms with E-state index in [2.05, 4.69) is 65.1 Å². The molecule has 1 fully saturated rings. The summed E-state index contributed by atoms with van der Waals surface area (Å²) in [6, 6.07) is 8.00. The molecule has 1 aliphatic carbocycles. The minimum atomic E-state index is 0.392. The summed E-state index contributed by atoms with van der Waals surface area (Å²) in [5.74, 6) is 0. The van der Waals surface area contributed by atoms with Crippen LogP contribution in [0.25, 0.3) is 0 Å². The highest BCUT2D eigenvalue weighted by Crippen LogP contribution is 2.32. The quantitative estimate of drug-likeness (QED) is 0.749. The maximum absolute atomic E-state index is 3.77. The zero-order chi connectivity index (χ0) is 15.2. The van der Waals surface area contributed by atoms with E-state index in [-0.39, 0.29) is 0 Å². The van der Waals surface area contributed by atoms with Gasteiger partial charge in [-0.3, -0.25) is 0 Å². The lowest BCUT2D eigenvalue weighted by Crippen LogP contribution is -2.36. The number of halogens is 1. The number of rotatable bonds is 6. The van der Waals surface area contributed by atoms with Gasteiger partial charge < -0.3 is 10.2 Å². The van der Waals surface area contributed by atoms with E-state index in [1.807, 2.05) is 0 Å². The molecule has 0 aliphatic heterocycles. The first-order chi connectivity index (χ1) is 10.2. The molecule has 1 aliphatic rings. The minimum Gasteiger partial charge on any atom is -0.369 e. The minimum absolute atomic E-state index is 0.392. The third-order valence-electron chi connectivity index (χ3n) is 4.65. The van der Waals surface area contributed by atoms with E-state index in [1.54, 1.807) is 0 Å². The van der Waals surface area contributed by atoms with Gasteiger partial charge in [0.15, 0.2) is 0 Å². The molecule has 2 nitrogen and oxygen atoms in total. The standard InChI is InChI=1S/C18H29BrN2/c1-4-20-14(3)17-12-11-16(13-18(17)19)21(5-2)15-9-7-6-8-10-15/h11-15,20H,4-10H2,1-3H3. The first-order valence-electron chi connectivity index (χ1n) is 8.46. The van der Waals surface area contributed by atoms with Crippen molar-refractivity contribution in [2.24, 2.45) is 0 Å². The van der Waals surface area contributed by atoms with E-state index < -0.39 is 0 Å². The van der Waals surface area contributed by atoms with Crippen LogP contribution in [0.15, 0.2) is 22.7 Å². The molecule has 2 rings (SSSR count). The van der Waals surface area contributed by atoms with Crippen LogP contribution in [0.1, 0.15) is 64.5 Å². The topological polar surface area (TPSA) is 15.3 Å². The Kier molecular flexibility index (Phi) is 6.56. The zero-order valence-electron chi connectivity index (χ0n) is 13.7. The Morgan fingerprint density at radius 3 is 2.52 bits per heavy atom. The third-order valence-corrected chi connectivity index (χ3v) is 5.34. The van der Waals surface area contributed by atoms with E-state index in [1.165, 1.54) is 47.8 Å². The Morgan fingerprint density at radius 1 is 1.24 bits per heavy atom. The fourth-order valence-corrected chi connectivity index (χ4v) is 4.22. The van der Waals surface area contributed by atoms with Gasteiger partial charge in [-0.2, -0.15) is 0 Å². The van der Waals surface area contributed by atoms with E-state index in [0.29, 0.717) is 6.04 Å². The molecule has 0 amide bonds. The highest BCUT2D eigenvalue weighted by molar-refractivity contribution is 9.10. The van der Waals surface area contributed by atoms with Crippen LogP contribution in [0.3, 0.4) is 0 Å². The molecular weight excluding hydrogens is 324 g/mol. The van der Waals surface area contributed by atoms with Crippen molar-refractivity contribution in [3.8, 4) is 0 Å². The predicted octanol–water partition coefficient (Wildman–Crippen LogP) is 5.28. The molecule has 118 valence electrons. The van der Waals surface area contributed by atoms with Crippen LogP contribution in [0.4, 0.5) is 5.69 Å². The van der Waals surface area contributed by atoms with Gasteiger partial charge in [-0.1, -0.05) is 48.2 Å². The smallest absolute Gasteiger partial charge is 0.0380 e. The van der Waals surface area contributed by atoms with Crippen molar-refractivity contribution in [1.29, 1.82) is 0 Å². The Labute approximate surface area is 138 Å². The normalized spacial score (nSPS) is 17.7. The fourth-order valence-electron chi connectivity index (χ4n) is 3.51. The van der Waals surface area contributed by atoms with E-state index in [4.69, 9.17) is 0 Å². The summed E-state index contributed by atoms with van der Waals surface area (Å²) in [7, 11) is 0. The van der Waals surface area contributed by atoms with Crippen molar-refractivity contribution >= 4 is 21.6 Å². The second-order valence-electron chi connectivity index (χ2n) is 6.06. The molecule has 1 atom stereocenters. The summed E-state index contributed by atoms with van der Waals surface area (Å²) in [5.41, 5.74) is 2.71. The summed E-state index contributed by atoms with van der Waals surface area (Å²) >= 11 is 3.77. The average molecular weight is 353 g/mol. The van der Waals surface area contributed by atoms with Gasteiger partial charge in [-0.05, 0) is 50.9 Å². The Hall–Kier alpha value is -0.540. The van der Waals surface area contributed by atoms with Gasteiger partial charge in [0.25, 0.3) is 0 Å².